The molecule has 0 bridgehead atoms. The molecule has 0 unspecified atom stereocenters. The first-order valence-electron chi connectivity index (χ1n) is 4.78. The van der Waals surface area contributed by atoms with E-state index in [4.69, 9.17) is 0 Å². The van der Waals surface area contributed by atoms with E-state index >= 15 is 0 Å². The number of benzene rings is 1. The van der Waals surface area contributed by atoms with E-state index in [1.165, 1.54) is 13.0 Å². The van der Waals surface area contributed by atoms with Crippen molar-refractivity contribution in [2.75, 3.05) is 0 Å². The average Bonchev–Trinajstić information content (AvgIpc) is 3.04. The molecule has 0 aliphatic heterocycles. The smallest absolute Gasteiger partial charge is 0.265 e. The Morgan fingerprint density at radius 2 is 2.00 bits per heavy atom. The number of aryl methyl sites for hydroxylation is 1. The van der Waals surface area contributed by atoms with Crippen molar-refractivity contribution in [1.82, 2.24) is 4.47 Å². The van der Waals surface area contributed by atoms with Gasteiger partial charge in [-0.3, -0.25) is 5.21 Å². The Morgan fingerprint density at radius 1 is 1.38 bits per heavy atom. The van der Waals surface area contributed by atoms with Crippen molar-refractivity contribution in [2.45, 2.75) is 24.7 Å². The summed E-state index contributed by atoms with van der Waals surface area (Å²) in [6, 6.07) is 3.89. The second-order valence-corrected chi connectivity index (χ2v) is 5.49. The maximum atomic E-state index is 13.0. The van der Waals surface area contributed by atoms with Gasteiger partial charge in [0.1, 0.15) is 5.82 Å². The van der Waals surface area contributed by atoms with Gasteiger partial charge < -0.3 is 0 Å². The van der Waals surface area contributed by atoms with Crippen molar-refractivity contribution >= 4 is 10.0 Å². The van der Waals surface area contributed by atoms with E-state index in [2.05, 4.69) is 0 Å². The van der Waals surface area contributed by atoms with Crippen LogP contribution in [0.4, 0.5) is 4.39 Å². The van der Waals surface area contributed by atoms with Gasteiger partial charge in [-0.05, 0) is 43.5 Å². The molecule has 1 saturated carbocycles. The fraction of sp³-hybridized carbons (Fsp3) is 0.300. The highest BCUT2D eigenvalue weighted by atomic mass is 32.2. The van der Waals surface area contributed by atoms with Crippen LogP contribution in [0, 0.1) is 18.8 Å². The molecular formula is C10H11FNO3S. The molecule has 16 heavy (non-hydrogen) atoms. The summed E-state index contributed by atoms with van der Waals surface area (Å²) in [7, 11) is -3.93. The number of hydrogen-bond acceptors (Lipinski definition) is 3. The zero-order valence-corrected chi connectivity index (χ0v) is 9.46. The number of nitrogens with zero attached hydrogens (tertiary/aromatic N) is 1. The summed E-state index contributed by atoms with van der Waals surface area (Å²) >= 11 is 0. The van der Waals surface area contributed by atoms with Gasteiger partial charge in [-0.1, -0.05) is 4.47 Å². The van der Waals surface area contributed by atoms with Gasteiger partial charge in [0.25, 0.3) is 10.0 Å². The lowest BCUT2D eigenvalue weighted by atomic mass is 10.2. The van der Waals surface area contributed by atoms with Gasteiger partial charge in [0.15, 0.2) is 0 Å². The van der Waals surface area contributed by atoms with Crippen LogP contribution in [0.2, 0.25) is 0 Å². The molecule has 1 aromatic carbocycles. The molecule has 1 aliphatic carbocycles. The molecule has 2 rings (SSSR count). The molecule has 0 amide bonds. The molecule has 0 heterocycles. The van der Waals surface area contributed by atoms with Gasteiger partial charge >= 0.3 is 0 Å². The minimum atomic E-state index is -3.93. The van der Waals surface area contributed by atoms with Crippen LogP contribution < -0.4 is 0 Å². The molecule has 0 atom stereocenters. The van der Waals surface area contributed by atoms with Crippen molar-refractivity contribution in [3.63, 3.8) is 0 Å². The average molecular weight is 244 g/mol. The molecule has 4 nitrogen and oxygen atoms in total. The second kappa shape index (κ2) is 3.80. The predicted molar refractivity (Wildman–Crippen MR) is 54.4 cm³/mol. The Bertz CT molecular complexity index is 511. The summed E-state index contributed by atoms with van der Waals surface area (Å²) in [4.78, 5) is -0.103. The van der Waals surface area contributed by atoms with E-state index < -0.39 is 15.8 Å². The molecule has 1 radical (unpaired) electrons. The van der Waals surface area contributed by atoms with Gasteiger partial charge in [-0.2, -0.15) is 0 Å². The lowest BCUT2D eigenvalue weighted by molar-refractivity contribution is 0.0268. The van der Waals surface area contributed by atoms with Crippen LogP contribution in [0.25, 0.3) is 0 Å². The van der Waals surface area contributed by atoms with E-state index in [9.17, 15) is 18.0 Å². The van der Waals surface area contributed by atoms with Crippen LogP contribution in [-0.2, 0) is 10.0 Å². The van der Waals surface area contributed by atoms with Crippen molar-refractivity contribution < 1.29 is 18.0 Å². The van der Waals surface area contributed by atoms with Crippen LogP contribution in [0.15, 0.2) is 23.1 Å². The van der Waals surface area contributed by atoms with Gasteiger partial charge in [0.05, 0.1) is 10.9 Å². The molecule has 87 valence electrons. The minimum absolute atomic E-state index is 0.103. The number of halogens is 1. The molecule has 6 heteroatoms. The summed E-state index contributed by atoms with van der Waals surface area (Å²) in [5.41, 5.74) is 0.232. The number of sulfonamides is 1. The van der Waals surface area contributed by atoms with Crippen LogP contribution in [0.3, 0.4) is 0 Å². The molecule has 1 N–H and O–H groups in total. The summed E-state index contributed by atoms with van der Waals surface area (Å²) in [5.74, 6) is -0.470. The number of hydroxylamine groups is 1. The maximum absolute atomic E-state index is 13.0. The Balaban J connectivity index is 2.38. The quantitative estimate of drug-likeness (QED) is 0.825. The first kappa shape index (κ1) is 11.5. The van der Waals surface area contributed by atoms with Gasteiger partial charge in [0, 0.05) is 0 Å². The monoisotopic (exact) mass is 244 g/mol. The SMILES string of the molecule is Cc1cc(S(=O)(=O)N(O)[C]2CC2)ccc1F. The van der Waals surface area contributed by atoms with Crippen LogP contribution in [0.1, 0.15) is 18.4 Å². The largest absolute Gasteiger partial charge is 0.299 e. The molecule has 1 aromatic rings. The van der Waals surface area contributed by atoms with Crippen LogP contribution >= 0.6 is 0 Å². The van der Waals surface area contributed by atoms with Crippen molar-refractivity contribution in [2.24, 2.45) is 0 Å². The van der Waals surface area contributed by atoms with Crippen LogP contribution in [-0.4, -0.2) is 18.1 Å². The van der Waals surface area contributed by atoms with E-state index in [-0.39, 0.29) is 10.5 Å². The zero-order chi connectivity index (χ0) is 11.9. The fourth-order valence-electron chi connectivity index (χ4n) is 1.29. The molecule has 1 aliphatic rings. The molecule has 0 saturated heterocycles. The van der Waals surface area contributed by atoms with E-state index in [1.807, 2.05) is 0 Å². The first-order chi connectivity index (χ1) is 7.43. The highest BCUT2D eigenvalue weighted by Crippen LogP contribution is 2.37. The molecule has 0 aromatic heterocycles. The zero-order valence-electron chi connectivity index (χ0n) is 8.64. The lowest BCUT2D eigenvalue weighted by Crippen LogP contribution is -2.25. The fourth-order valence-corrected chi connectivity index (χ4v) is 2.58. The predicted octanol–water partition coefficient (Wildman–Crippen LogP) is 1.84. The van der Waals surface area contributed by atoms with E-state index in [0.717, 1.165) is 12.1 Å². The van der Waals surface area contributed by atoms with Crippen LogP contribution in [0.5, 0.6) is 0 Å². The maximum Gasteiger partial charge on any atom is 0.265 e. The Kier molecular flexibility index (Phi) is 2.73. The third kappa shape index (κ3) is 1.95. The van der Waals surface area contributed by atoms with E-state index in [1.54, 1.807) is 0 Å². The summed E-state index contributed by atoms with van der Waals surface area (Å²) < 4.78 is 36.9. The van der Waals surface area contributed by atoms with Gasteiger partial charge in [-0.15, -0.1) is 0 Å². The molecule has 1 fully saturated rings. The minimum Gasteiger partial charge on any atom is -0.299 e. The third-order valence-electron chi connectivity index (χ3n) is 2.40. The normalized spacial score (nSPS) is 16.8. The summed E-state index contributed by atoms with van der Waals surface area (Å²) in [6.07, 6.45) is 1.16. The summed E-state index contributed by atoms with van der Waals surface area (Å²) in [6.45, 7) is 1.47. The van der Waals surface area contributed by atoms with Crippen molar-refractivity contribution in [1.29, 1.82) is 0 Å². The van der Waals surface area contributed by atoms with Crippen molar-refractivity contribution in [3.05, 3.63) is 35.6 Å². The Labute approximate surface area is 93.3 Å². The highest BCUT2D eigenvalue weighted by molar-refractivity contribution is 7.89. The topological polar surface area (TPSA) is 57.6 Å². The summed E-state index contributed by atoms with van der Waals surface area (Å²) in [5, 5.41) is 9.44. The first-order valence-corrected chi connectivity index (χ1v) is 6.22. The Morgan fingerprint density at radius 3 is 2.50 bits per heavy atom. The standard InChI is InChI=1S/C10H11FNO3S/c1-7-6-9(4-5-10(7)11)16(14,15)12(13)8-2-3-8/h4-6,13H,2-3H2,1H3. The van der Waals surface area contributed by atoms with Crippen molar-refractivity contribution in [3.8, 4) is 0 Å². The second-order valence-electron chi connectivity index (χ2n) is 3.73. The van der Waals surface area contributed by atoms with Gasteiger partial charge in [0.2, 0.25) is 0 Å². The Hall–Kier alpha value is -0.980. The molecule has 0 spiro atoms. The van der Waals surface area contributed by atoms with Gasteiger partial charge in [-0.25, -0.2) is 12.8 Å². The molecular weight excluding hydrogens is 233 g/mol. The highest BCUT2D eigenvalue weighted by Gasteiger charge is 2.38. The number of hydrogen-bond donors (Lipinski definition) is 1. The lowest BCUT2D eigenvalue weighted by Gasteiger charge is -2.14. The van der Waals surface area contributed by atoms with E-state index in [0.29, 0.717) is 23.4 Å². The number of rotatable bonds is 3. The third-order valence-corrected chi connectivity index (χ3v) is 3.96.